The molecule has 0 bridgehead atoms. The molecule has 3 aromatic rings. The molecule has 0 unspecified atom stereocenters. The summed E-state index contributed by atoms with van der Waals surface area (Å²) in [5.74, 6) is 0.695. The summed E-state index contributed by atoms with van der Waals surface area (Å²) in [7, 11) is 2.02. The topological polar surface area (TPSA) is 41.0 Å². The standard InChI is InChI=1S/C20H21FN4.ClH/c1-22-16-10-12-25(13-11-16)20-18-5-3-2-4-17(18)19(23-24-20)14-6-8-15(21)9-7-14;/h2-9,16,22H,10-13H2,1H3;1H. The predicted molar refractivity (Wildman–Crippen MR) is 106 cm³/mol. The molecule has 1 N–H and O–H groups in total. The lowest BCUT2D eigenvalue weighted by Gasteiger charge is -2.33. The van der Waals surface area contributed by atoms with Gasteiger partial charge in [-0.15, -0.1) is 22.6 Å². The average molecular weight is 373 g/mol. The van der Waals surface area contributed by atoms with Crippen LogP contribution in [0.15, 0.2) is 48.5 Å². The van der Waals surface area contributed by atoms with Gasteiger partial charge in [-0.1, -0.05) is 24.3 Å². The van der Waals surface area contributed by atoms with Crippen LogP contribution < -0.4 is 10.2 Å². The molecule has 4 rings (SSSR count). The third-order valence-corrected chi connectivity index (χ3v) is 4.99. The molecule has 136 valence electrons. The average Bonchev–Trinajstić information content (AvgIpc) is 2.68. The van der Waals surface area contributed by atoms with Crippen LogP contribution in [0.4, 0.5) is 10.2 Å². The first-order valence-electron chi connectivity index (χ1n) is 8.70. The molecule has 6 heteroatoms. The fourth-order valence-electron chi connectivity index (χ4n) is 3.52. The molecule has 0 amide bonds. The number of benzene rings is 2. The maximum atomic E-state index is 13.2. The van der Waals surface area contributed by atoms with E-state index in [4.69, 9.17) is 0 Å². The van der Waals surface area contributed by atoms with Crippen molar-refractivity contribution in [2.75, 3.05) is 25.0 Å². The van der Waals surface area contributed by atoms with Crippen LogP contribution in [-0.4, -0.2) is 36.4 Å². The van der Waals surface area contributed by atoms with Crippen molar-refractivity contribution in [2.45, 2.75) is 18.9 Å². The van der Waals surface area contributed by atoms with Crippen molar-refractivity contribution in [3.8, 4) is 11.3 Å². The van der Waals surface area contributed by atoms with Gasteiger partial charge >= 0.3 is 0 Å². The van der Waals surface area contributed by atoms with Gasteiger partial charge in [-0.05, 0) is 44.2 Å². The van der Waals surface area contributed by atoms with Crippen molar-refractivity contribution in [3.05, 3.63) is 54.3 Å². The second kappa shape index (κ2) is 7.98. The molecule has 1 aromatic heterocycles. The van der Waals surface area contributed by atoms with Crippen LogP contribution in [0.25, 0.3) is 22.0 Å². The number of anilines is 1. The second-order valence-electron chi connectivity index (χ2n) is 6.47. The Bertz CT molecular complexity index is 877. The number of piperidine rings is 1. The zero-order valence-electron chi connectivity index (χ0n) is 14.7. The minimum atomic E-state index is -0.245. The molecule has 0 atom stereocenters. The monoisotopic (exact) mass is 372 g/mol. The summed E-state index contributed by atoms with van der Waals surface area (Å²) in [4.78, 5) is 2.32. The Labute approximate surface area is 158 Å². The van der Waals surface area contributed by atoms with E-state index < -0.39 is 0 Å². The number of halogens is 2. The lowest BCUT2D eigenvalue weighted by molar-refractivity contribution is 0.441. The normalized spacial score (nSPS) is 15.1. The minimum absolute atomic E-state index is 0. The molecule has 1 aliphatic heterocycles. The molecule has 2 aromatic carbocycles. The third kappa shape index (κ3) is 3.50. The van der Waals surface area contributed by atoms with Gasteiger partial charge in [-0.25, -0.2) is 4.39 Å². The second-order valence-corrected chi connectivity index (χ2v) is 6.47. The zero-order valence-corrected chi connectivity index (χ0v) is 15.5. The van der Waals surface area contributed by atoms with E-state index in [0.29, 0.717) is 6.04 Å². The lowest BCUT2D eigenvalue weighted by Crippen LogP contribution is -2.41. The Morgan fingerprint density at radius 3 is 2.27 bits per heavy atom. The van der Waals surface area contributed by atoms with E-state index in [9.17, 15) is 4.39 Å². The van der Waals surface area contributed by atoms with E-state index >= 15 is 0 Å². The van der Waals surface area contributed by atoms with Gasteiger partial charge in [0.1, 0.15) is 11.5 Å². The van der Waals surface area contributed by atoms with Gasteiger partial charge in [0.15, 0.2) is 5.82 Å². The number of nitrogens with zero attached hydrogens (tertiary/aromatic N) is 3. The minimum Gasteiger partial charge on any atom is -0.354 e. The molecule has 0 radical (unpaired) electrons. The zero-order chi connectivity index (χ0) is 17.2. The molecule has 1 saturated heterocycles. The largest absolute Gasteiger partial charge is 0.354 e. The molecule has 0 spiro atoms. The lowest BCUT2D eigenvalue weighted by atomic mass is 10.0. The Balaban J connectivity index is 0.00000196. The molecular formula is C20H22ClFN4. The molecule has 0 saturated carbocycles. The molecule has 26 heavy (non-hydrogen) atoms. The Morgan fingerprint density at radius 1 is 0.962 bits per heavy atom. The van der Waals surface area contributed by atoms with E-state index in [-0.39, 0.29) is 18.2 Å². The summed E-state index contributed by atoms with van der Waals surface area (Å²) in [5, 5.41) is 14.5. The summed E-state index contributed by atoms with van der Waals surface area (Å²) in [5.41, 5.74) is 1.68. The first-order valence-corrected chi connectivity index (χ1v) is 8.70. The maximum absolute atomic E-state index is 13.2. The van der Waals surface area contributed by atoms with E-state index in [2.05, 4.69) is 32.5 Å². The summed E-state index contributed by atoms with van der Waals surface area (Å²) in [6, 6.07) is 15.2. The molecule has 1 aliphatic rings. The maximum Gasteiger partial charge on any atom is 0.159 e. The van der Waals surface area contributed by atoms with Gasteiger partial charge in [0.2, 0.25) is 0 Å². The van der Waals surface area contributed by atoms with Crippen LogP contribution >= 0.6 is 12.4 Å². The fourth-order valence-corrected chi connectivity index (χ4v) is 3.52. The van der Waals surface area contributed by atoms with Crippen LogP contribution in [0.2, 0.25) is 0 Å². The number of nitrogens with one attached hydrogen (secondary N) is 1. The van der Waals surface area contributed by atoms with Crippen LogP contribution in [0.1, 0.15) is 12.8 Å². The quantitative estimate of drug-likeness (QED) is 0.753. The SMILES string of the molecule is CNC1CCN(c2nnc(-c3ccc(F)cc3)c3ccccc23)CC1.Cl. The van der Waals surface area contributed by atoms with E-state index in [1.807, 2.05) is 19.2 Å². The third-order valence-electron chi connectivity index (χ3n) is 4.99. The van der Waals surface area contributed by atoms with Crippen molar-refractivity contribution >= 4 is 29.0 Å². The summed E-state index contributed by atoms with van der Waals surface area (Å²) >= 11 is 0. The van der Waals surface area contributed by atoms with Gasteiger partial charge in [0, 0.05) is 35.5 Å². The highest BCUT2D eigenvalue weighted by Crippen LogP contribution is 2.32. The van der Waals surface area contributed by atoms with Crippen molar-refractivity contribution in [1.29, 1.82) is 0 Å². The molecule has 4 nitrogen and oxygen atoms in total. The Kier molecular flexibility index (Phi) is 5.69. The highest BCUT2D eigenvalue weighted by atomic mass is 35.5. The number of hydrogen-bond donors (Lipinski definition) is 1. The van der Waals surface area contributed by atoms with Gasteiger partial charge in [-0.3, -0.25) is 0 Å². The van der Waals surface area contributed by atoms with Crippen molar-refractivity contribution in [2.24, 2.45) is 0 Å². The summed E-state index contributed by atoms with van der Waals surface area (Å²) in [6.45, 7) is 1.94. The van der Waals surface area contributed by atoms with Crippen LogP contribution in [-0.2, 0) is 0 Å². The molecule has 1 fully saturated rings. The summed E-state index contributed by atoms with van der Waals surface area (Å²) < 4.78 is 13.2. The van der Waals surface area contributed by atoms with Gasteiger partial charge in [0.25, 0.3) is 0 Å². The van der Waals surface area contributed by atoms with Crippen molar-refractivity contribution < 1.29 is 4.39 Å². The first kappa shape index (κ1) is 18.5. The van der Waals surface area contributed by atoms with Crippen molar-refractivity contribution in [3.63, 3.8) is 0 Å². The van der Waals surface area contributed by atoms with Crippen LogP contribution in [0.3, 0.4) is 0 Å². The van der Waals surface area contributed by atoms with E-state index in [1.54, 1.807) is 12.1 Å². The number of rotatable bonds is 3. The first-order chi connectivity index (χ1) is 12.3. The summed E-state index contributed by atoms with van der Waals surface area (Å²) in [6.07, 6.45) is 2.21. The number of hydrogen-bond acceptors (Lipinski definition) is 4. The van der Waals surface area contributed by atoms with E-state index in [1.165, 1.54) is 12.1 Å². The molecular weight excluding hydrogens is 351 g/mol. The van der Waals surface area contributed by atoms with Crippen LogP contribution in [0, 0.1) is 5.82 Å². The highest BCUT2D eigenvalue weighted by Gasteiger charge is 2.21. The number of aromatic nitrogens is 2. The Morgan fingerprint density at radius 2 is 1.62 bits per heavy atom. The molecule has 2 heterocycles. The van der Waals surface area contributed by atoms with Gasteiger partial charge in [0.05, 0.1) is 0 Å². The Hall–Kier alpha value is -2.24. The fraction of sp³-hybridized carbons (Fsp3) is 0.300. The predicted octanol–water partition coefficient (Wildman–Crippen LogP) is 4.05. The van der Waals surface area contributed by atoms with Crippen molar-refractivity contribution in [1.82, 2.24) is 15.5 Å². The number of fused-ring (bicyclic) bond motifs is 1. The molecule has 0 aliphatic carbocycles. The van der Waals surface area contributed by atoms with E-state index in [0.717, 1.165) is 53.8 Å². The van der Waals surface area contributed by atoms with Gasteiger partial charge < -0.3 is 10.2 Å². The highest BCUT2D eigenvalue weighted by molar-refractivity contribution is 6.00. The smallest absolute Gasteiger partial charge is 0.159 e. The van der Waals surface area contributed by atoms with Crippen LogP contribution in [0.5, 0.6) is 0 Å². The van der Waals surface area contributed by atoms with Gasteiger partial charge in [-0.2, -0.15) is 0 Å².